The summed E-state index contributed by atoms with van der Waals surface area (Å²) in [5.41, 5.74) is 1.00. The maximum atomic E-state index is 12.0. The van der Waals surface area contributed by atoms with Crippen molar-refractivity contribution in [2.45, 2.75) is 19.1 Å². The standard InChI is InChI=1S/C16H21NO3/c1-2-8-19-11-14-9-15(17-10-14)16(18)20-12-13-6-4-3-5-7-13/h2-7,14-15,17H,1,8-12H2/t14?,15-/m0/s1. The molecule has 2 atom stereocenters. The number of esters is 1. The monoisotopic (exact) mass is 275 g/mol. The smallest absolute Gasteiger partial charge is 0.323 e. The lowest BCUT2D eigenvalue weighted by molar-refractivity contribution is -0.147. The average Bonchev–Trinajstić information content (AvgIpc) is 2.95. The molecule has 2 rings (SSSR count). The van der Waals surface area contributed by atoms with Gasteiger partial charge >= 0.3 is 5.97 Å². The van der Waals surface area contributed by atoms with Crippen molar-refractivity contribution in [1.29, 1.82) is 0 Å². The summed E-state index contributed by atoms with van der Waals surface area (Å²) in [6.07, 6.45) is 2.50. The van der Waals surface area contributed by atoms with Gasteiger partial charge in [-0.15, -0.1) is 6.58 Å². The largest absolute Gasteiger partial charge is 0.460 e. The molecule has 1 unspecified atom stereocenters. The molecule has 1 aliphatic rings. The molecule has 4 heteroatoms. The van der Waals surface area contributed by atoms with E-state index in [1.54, 1.807) is 6.08 Å². The van der Waals surface area contributed by atoms with Gasteiger partial charge in [-0.3, -0.25) is 4.79 Å². The van der Waals surface area contributed by atoms with Gasteiger partial charge in [0.05, 0.1) is 13.2 Å². The molecule has 1 heterocycles. The van der Waals surface area contributed by atoms with Gasteiger partial charge in [0.25, 0.3) is 0 Å². The van der Waals surface area contributed by atoms with Crippen molar-refractivity contribution in [2.24, 2.45) is 5.92 Å². The molecule has 0 spiro atoms. The van der Waals surface area contributed by atoms with E-state index in [2.05, 4.69) is 11.9 Å². The van der Waals surface area contributed by atoms with Crippen LogP contribution < -0.4 is 5.32 Å². The lowest BCUT2D eigenvalue weighted by Gasteiger charge is -2.11. The molecule has 0 saturated carbocycles. The summed E-state index contributed by atoms with van der Waals surface area (Å²) >= 11 is 0. The lowest BCUT2D eigenvalue weighted by Crippen LogP contribution is -2.32. The van der Waals surface area contributed by atoms with Gasteiger partial charge < -0.3 is 14.8 Å². The van der Waals surface area contributed by atoms with Crippen molar-refractivity contribution >= 4 is 5.97 Å². The summed E-state index contributed by atoms with van der Waals surface area (Å²) in [5, 5.41) is 3.19. The number of hydrogen-bond donors (Lipinski definition) is 1. The van der Waals surface area contributed by atoms with E-state index in [9.17, 15) is 4.79 Å². The molecule has 0 radical (unpaired) electrons. The van der Waals surface area contributed by atoms with Crippen molar-refractivity contribution in [3.8, 4) is 0 Å². The van der Waals surface area contributed by atoms with Crippen LogP contribution in [0, 0.1) is 5.92 Å². The van der Waals surface area contributed by atoms with Gasteiger partial charge in [0.2, 0.25) is 0 Å². The summed E-state index contributed by atoms with van der Waals surface area (Å²) in [6.45, 7) is 5.94. The van der Waals surface area contributed by atoms with E-state index in [1.165, 1.54) is 0 Å². The van der Waals surface area contributed by atoms with E-state index in [-0.39, 0.29) is 12.0 Å². The van der Waals surface area contributed by atoms with Crippen LogP contribution in [0.5, 0.6) is 0 Å². The number of rotatable bonds is 7. The fourth-order valence-corrected chi connectivity index (χ4v) is 2.26. The summed E-state index contributed by atoms with van der Waals surface area (Å²) in [6, 6.07) is 9.49. The van der Waals surface area contributed by atoms with Crippen LogP contribution in [-0.2, 0) is 20.9 Å². The first-order chi connectivity index (χ1) is 9.79. The van der Waals surface area contributed by atoms with Gasteiger partial charge in [-0.1, -0.05) is 36.4 Å². The first kappa shape index (κ1) is 14.8. The third-order valence-electron chi connectivity index (χ3n) is 3.32. The number of ether oxygens (including phenoxy) is 2. The molecule has 108 valence electrons. The van der Waals surface area contributed by atoms with Crippen LogP contribution in [0.1, 0.15) is 12.0 Å². The number of nitrogens with one attached hydrogen (secondary N) is 1. The molecular formula is C16H21NO3. The number of benzene rings is 1. The Labute approximate surface area is 119 Å². The van der Waals surface area contributed by atoms with Gasteiger partial charge in [0.1, 0.15) is 12.6 Å². The Morgan fingerprint density at radius 3 is 2.95 bits per heavy atom. The minimum absolute atomic E-state index is 0.180. The maximum absolute atomic E-state index is 12.0. The Balaban J connectivity index is 1.70. The van der Waals surface area contributed by atoms with Crippen molar-refractivity contribution in [2.75, 3.05) is 19.8 Å². The first-order valence-electron chi connectivity index (χ1n) is 6.92. The highest BCUT2D eigenvalue weighted by molar-refractivity contribution is 5.76. The van der Waals surface area contributed by atoms with Crippen LogP contribution in [0.4, 0.5) is 0 Å². The molecule has 0 aromatic heterocycles. The molecule has 4 nitrogen and oxygen atoms in total. The fraction of sp³-hybridized carbons (Fsp3) is 0.438. The lowest BCUT2D eigenvalue weighted by atomic mass is 10.1. The Morgan fingerprint density at radius 2 is 2.20 bits per heavy atom. The van der Waals surface area contributed by atoms with E-state index in [4.69, 9.17) is 9.47 Å². The van der Waals surface area contributed by atoms with E-state index in [0.717, 1.165) is 18.5 Å². The summed E-state index contributed by atoms with van der Waals surface area (Å²) in [7, 11) is 0. The fourth-order valence-electron chi connectivity index (χ4n) is 2.26. The third kappa shape index (κ3) is 4.47. The van der Waals surface area contributed by atoms with E-state index < -0.39 is 0 Å². The molecule has 20 heavy (non-hydrogen) atoms. The van der Waals surface area contributed by atoms with Gasteiger partial charge in [0.15, 0.2) is 0 Å². The van der Waals surface area contributed by atoms with E-state index in [0.29, 0.717) is 25.7 Å². The maximum Gasteiger partial charge on any atom is 0.323 e. The Morgan fingerprint density at radius 1 is 1.40 bits per heavy atom. The Bertz CT molecular complexity index is 433. The zero-order chi connectivity index (χ0) is 14.2. The van der Waals surface area contributed by atoms with E-state index in [1.807, 2.05) is 30.3 Å². The second kappa shape index (κ2) is 7.82. The Hall–Kier alpha value is -1.65. The molecule has 1 saturated heterocycles. The van der Waals surface area contributed by atoms with Crippen LogP contribution in [0.2, 0.25) is 0 Å². The molecule has 1 aromatic rings. The quantitative estimate of drug-likeness (QED) is 0.469. The normalized spacial score (nSPS) is 21.6. The van der Waals surface area contributed by atoms with Crippen LogP contribution in [0.3, 0.4) is 0 Å². The number of carbonyl (C=O) groups is 1. The highest BCUT2D eigenvalue weighted by Crippen LogP contribution is 2.16. The summed E-state index contributed by atoms with van der Waals surface area (Å²) < 4.78 is 10.7. The number of hydrogen-bond acceptors (Lipinski definition) is 4. The van der Waals surface area contributed by atoms with Gasteiger partial charge in [-0.2, -0.15) is 0 Å². The van der Waals surface area contributed by atoms with Crippen LogP contribution >= 0.6 is 0 Å². The van der Waals surface area contributed by atoms with Gasteiger partial charge in [0, 0.05) is 6.54 Å². The summed E-state index contributed by atoms with van der Waals surface area (Å²) in [5.74, 6) is 0.185. The minimum atomic E-state index is -0.212. The molecular weight excluding hydrogens is 254 g/mol. The molecule has 1 aliphatic heterocycles. The highest BCUT2D eigenvalue weighted by atomic mass is 16.5. The van der Waals surface area contributed by atoms with Gasteiger partial charge in [-0.05, 0) is 17.9 Å². The summed E-state index contributed by atoms with van der Waals surface area (Å²) in [4.78, 5) is 12.0. The molecule has 1 fully saturated rings. The molecule has 0 aliphatic carbocycles. The van der Waals surface area contributed by atoms with E-state index >= 15 is 0 Å². The Kier molecular flexibility index (Phi) is 5.77. The zero-order valence-corrected chi connectivity index (χ0v) is 11.6. The third-order valence-corrected chi connectivity index (χ3v) is 3.32. The van der Waals surface area contributed by atoms with Crippen molar-refractivity contribution in [3.05, 3.63) is 48.6 Å². The SMILES string of the molecule is C=CCOCC1CN[C@H](C(=O)OCc2ccccc2)C1. The van der Waals surface area contributed by atoms with Crippen LogP contribution in [0.25, 0.3) is 0 Å². The van der Waals surface area contributed by atoms with Crippen molar-refractivity contribution in [3.63, 3.8) is 0 Å². The molecule has 1 N–H and O–H groups in total. The molecule has 0 bridgehead atoms. The second-order valence-corrected chi connectivity index (χ2v) is 4.98. The predicted octanol–water partition coefficient (Wildman–Crippen LogP) is 1.91. The van der Waals surface area contributed by atoms with Crippen LogP contribution in [0.15, 0.2) is 43.0 Å². The molecule has 1 aromatic carbocycles. The average molecular weight is 275 g/mol. The van der Waals surface area contributed by atoms with Crippen molar-refractivity contribution in [1.82, 2.24) is 5.32 Å². The highest BCUT2D eigenvalue weighted by Gasteiger charge is 2.30. The number of carbonyl (C=O) groups excluding carboxylic acids is 1. The topological polar surface area (TPSA) is 47.6 Å². The predicted molar refractivity (Wildman–Crippen MR) is 77.2 cm³/mol. The molecule has 0 amide bonds. The minimum Gasteiger partial charge on any atom is -0.460 e. The zero-order valence-electron chi connectivity index (χ0n) is 11.6. The van der Waals surface area contributed by atoms with Gasteiger partial charge in [-0.25, -0.2) is 0 Å². The van der Waals surface area contributed by atoms with Crippen LogP contribution in [-0.4, -0.2) is 31.8 Å². The van der Waals surface area contributed by atoms with Crippen molar-refractivity contribution < 1.29 is 14.3 Å². The second-order valence-electron chi connectivity index (χ2n) is 4.98. The first-order valence-corrected chi connectivity index (χ1v) is 6.92.